The molecule has 0 aliphatic heterocycles. The van der Waals surface area contributed by atoms with Gasteiger partial charge in [-0.3, -0.25) is 4.79 Å². The number of para-hydroxylation sites is 1. The van der Waals surface area contributed by atoms with Crippen LogP contribution in [-0.4, -0.2) is 30.8 Å². The van der Waals surface area contributed by atoms with Gasteiger partial charge in [-0.2, -0.15) is 10.2 Å². The summed E-state index contributed by atoms with van der Waals surface area (Å²) in [7, 11) is -3.50. The topological polar surface area (TPSA) is 89.0 Å². The van der Waals surface area contributed by atoms with E-state index in [1.807, 2.05) is 6.07 Å². The number of aromatic nitrogens is 2. The third kappa shape index (κ3) is 3.13. The molecule has 31 heavy (non-hydrogen) atoms. The average Bonchev–Trinajstić information content (AvgIpc) is 3.32. The Morgan fingerprint density at radius 1 is 1.13 bits per heavy atom. The van der Waals surface area contributed by atoms with Crippen LogP contribution in [0, 0.1) is 5.82 Å². The highest BCUT2D eigenvalue weighted by molar-refractivity contribution is 7.90. The molecule has 1 heterocycles. The molecule has 0 saturated heterocycles. The first kappa shape index (κ1) is 19.8. The number of carbonyl (C=O) groups excluding carboxylic acids is 1. The number of amides is 1. The van der Waals surface area contributed by atoms with Crippen LogP contribution in [0.2, 0.25) is 0 Å². The van der Waals surface area contributed by atoms with E-state index in [1.54, 1.807) is 36.4 Å². The van der Waals surface area contributed by atoms with E-state index in [0.29, 0.717) is 29.8 Å². The van der Waals surface area contributed by atoms with Gasteiger partial charge in [0.1, 0.15) is 5.82 Å². The van der Waals surface area contributed by atoms with E-state index in [-0.39, 0.29) is 28.2 Å². The van der Waals surface area contributed by atoms with Crippen molar-refractivity contribution < 1.29 is 17.6 Å². The fourth-order valence-corrected chi connectivity index (χ4v) is 5.71. The van der Waals surface area contributed by atoms with E-state index >= 15 is 0 Å². The number of sulfone groups is 1. The molecule has 5 rings (SSSR count). The Hall–Kier alpha value is -3.13. The second kappa shape index (κ2) is 6.95. The smallest absolute Gasteiger partial charge is 0.236 e. The molecule has 8 heteroatoms. The van der Waals surface area contributed by atoms with Gasteiger partial charge in [-0.25, -0.2) is 12.8 Å². The van der Waals surface area contributed by atoms with Crippen molar-refractivity contribution in [3.63, 3.8) is 0 Å². The molecule has 0 unspecified atom stereocenters. The van der Waals surface area contributed by atoms with Gasteiger partial charge in [0, 0.05) is 11.8 Å². The van der Waals surface area contributed by atoms with E-state index < -0.39 is 15.3 Å². The van der Waals surface area contributed by atoms with Crippen LogP contribution in [0.3, 0.4) is 0 Å². The molecule has 1 amide bonds. The molecule has 1 aromatic heterocycles. The minimum Gasteiger partial charge on any atom is -0.324 e. The summed E-state index contributed by atoms with van der Waals surface area (Å²) in [5.74, 6) is -0.505. The minimum absolute atomic E-state index is 0.0773. The molecular weight excluding hydrogens is 417 g/mol. The molecule has 2 aromatic carbocycles. The average molecular weight is 437 g/mol. The second-order valence-electron chi connectivity index (χ2n) is 8.26. The first-order valence-electron chi connectivity index (χ1n) is 10.0. The summed E-state index contributed by atoms with van der Waals surface area (Å²) in [5.41, 5.74) is 1.76. The quantitative estimate of drug-likeness (QED) is 0.670. The van der Waals surface area contributed by atoms with Crippen molar-refractivity contribution in [3.05, 3.63) is 71.7 Å². The molecule has 2 aliphatic carbocycles. The summed E-state index contributed by atoms with van der Waals surface area (Å²) in [6.07, 6.45) is 3.13. The molecule has 1 N–H and O–H groups in total. The number of nitrogens with zero attached hydrogens (tertiary/aromatic N) is 2. The normalized spacial score (nSPS) is 21.7. The number of rotatable bonds is 4. The van der Waals surface area contributed by atoms with E-state index in [0.717, 1.165) is 18.2 Å². The minimum atomic E-state index is -3.50. The summed E-state index contributed by atoms with van der Waals surface area (Å²) in [6.45, 7) is 0. The van der Waals surface area contributed by atoms with Crippen molar-refractivity contribution in [1.82, 2.24) is 10.2 Å². The fourth-order valence-electron chi connectivity index (χ4n) is 4.86. The van der Waals surface area contributed by atoms with Crippen LogP contribution in [-0.2, 0) is 20.0 Å². The zero-order valence-corrected chi connectivity index (χ0v) is 17.6. The number of nitrogens with one attached hydrogen (secondary N) is 1. The summed E-state index contributed by atoms with van der Waals surface area (Å²) in [4.78, 5) is 13.5. The number of fused-ring (bicyclic) bond motifs is 5. The van der Waals surface area contributed by atoms with Crippen molar-refractivity contribution in [3.8, 4) is 11.3 Å². The molecule has 6 nitrogen and oxygen atoms in total. The SMILES string of the molecule is CS(=O)(=O)c1ccccc1NC(=O)[C@@]12CC[C@@H](C1)c1cc(-c3ccccc3F)nnc12. The molecule has 0 radical (unpaired) electrons. The van der Waals surface area contributed by atoms with Gasteiger partial charge in [0.25, 0.3) is 0 Å². The lowest BCUT2D eigenvalue weighted by molar-refractivity contribution is -0.121. The van der Waals surface area contributed by atoms with E-state index in [2.05, 4.69) is 15.5 Å². The van der Waals surface area contributed by atoms with Crippen LogP contribution in [0.4, 0.5) is 10.1 Å². The number of halogens is 1. The lowest BCUT2D eigenvalue weighted by Gasteiger charge is -2.26. The number of hydrogen-bond donors (Lipinski definition) is 1. The Bertz CT molecular complexity index is 1330. The van der Waals surface area contributed by atoms with E-state index in [9.17, 15) is 17.6 Å². The maximum atomic E-state index is 14.2. The van der Waals surface area contributed by atoms with Gasteiger partial charge in [0.05, 0.1) is 27.4 Å². The summed E-state index contributed by atoms with van der Waals surface area (Å²) >= 11 is 0. The highest BCUT2D eigenvalue weighted by atomic mass is 32.2. The highest BCUT2D eigenvalue weighted by Crippen LogP contribution is 2.57. The Balaban J connectivity index is 1.52. The monoisotopic (exact) mass is 437 g/mol. The van der Waals surface area contributed by atoms with Crippen LogP contribution in [0.25, 0.3) is 11.3 Å². The van der Waals surface area contributed by atoms with Gasteiger partial charge in [-0.15, -0.1) is 0 Å². The van der Waals surface area contributed by atoms with Crippen LogP contribution in [0.15, 0.2) is 59.5 Å². The fraction of sp³-hybridized carbons (Fsp3) is 0.261. The first-order chi connectivity index (χ1) is 14.8. The molecule has 2 atom stereocenters. The van der Waals surface area contributed by atoms with Crippen molar-refractivity contribution in [2.45, 2.75) is 35.5 Å². The Kier molecular flexibility index (Phi) is 4.44. The zero-order valence-electron chi connectivity index (χ0n) is 16.8. The molecular formula is C23H20FN3O3S. The lowest BCUT2D eigenvalue weighted by atomic mass is 9.82. The largest absolute Gasteiger partial charge is 0.324 e. The summed E-state index contributed by atoms with van der Waals surface area (Å²) < 4.78 is 38.4. The van der Waals surface area contributed by atoms with Gasteiger partial charge < -0.3 is 5.32 Å². The van der Waals surface area contributed by atoms with Gasteiger partial charge >= 0.3 is 0 Å². The zero-order chi connectivity index (χ0) is 21.8. The first-order valence-corrected chi connectivity index (χ1v) is 11.9. The van der Waals surface area contributed by atoms with E-state index in [1.165, 1.54) is 12.1 Å². The molecule has 0 spiro atoms. The lowest BCUT2D eigenvalue weighted by Crippen LogP contribution is -2.38. The Morgan fingerprint density at radius 2 is 1.87 bits per heavy atom. The standard InChI is InChI=1S/C23H20FN3O3S/c1-31(29,30)20-9-5-4-8-18(20)25-22(28)23-11-10-14(13-23)16-12-19(26-27-21(16)23)15-6-2-3-7-17(15)24/h2-9,12,14H,10-11,13H2,1H3,(H,25,28)/t14-,23-/m0/s1. The molecule has 1 saturated carbocycles. The molecule has 2 aliphatic rings. The van der Waals surface area contributed by atoms with Crippen molar-refractivity contribution >= 4 is 21.4 Å². The maximum Gasteiger partial charge on any atom is 0.236 e. The maximum absolute atomic E-state index is 14.2. The van der Waals surface area contributed by atoms with Gasteiger partial charge in [-0.1, -0.05) is 24.3 Å². The molecule has 3 aromatic rings. The van der Waals surface area contributed by atoms with Gasteiger partial charge in [0.15, 0.2) is 9.84 Å². The number of carbonyl (C=O) groups is 1. The number of anilines is 1. The van der Waals surface area contributed by atoms with Crippen LogP contribution in [0.5, 0.6) is 0 Å². The van der Waals surface area contributed by atoms with Crippen LogP contribution in [0.1, 0.15) is 36.4 Å². The molecule has 1 fully saturated rings. The second-order valence-corrected chi connectivity index (χ2v) is 10.2. The van der Waals surface area contributed by atoms with Crippen molar-refractivity contribution in [2.75, 3.05) is 11.6 Å². The summed E-state index contributed by atoms with van der Waals surface area (Å²) in [6, 6.07) is 14.6. The third-order valence-electron chi connectivity index (χ3n) is 6.35. The third-order valence-corrected chi connectivity index (χ3v) is 7.51. The molecule has 2 bridgehead atoms. The molecule has 158 valence electrons. The Labute approximate surface area is 179 Å². The van der Waals surface area contributed by atoms with Gasteiger partial charge in [-0.05, 0) is 61.1 Å². The van der Waals surface area contributed by atoms with Crippen LogP contribution >= 0.6 is 0 Å². The van der Waals surface area contributed by atoms with E-state index in [4.69, 9.17) is 0 Å². The van der Waals surface area contributed by atoms with Crippen molar-refractivity contribution in [1.29, 1.82) is 0 Å². The Morgan fingerprint density at radius 3 is 2.65 bits per heavy atom. The number of hydrogen-bond acceptors (Lipinski definition) is 5. The number of benzene rings is 2. The van der Waals surface area contributed by atoms with Crippen LogP contribution < -0.4 is 5.32 Å². The predicted octanol–water partition coefficient (Wildman–Crippen LogP) is 3.84. The highest BCUT2D eigenvalue weighted by Gasteiger charge is 2.55. The predicted molar refractivity (Wildman–Crippen MR) is 114 cm³/mol. The summed E-state index contributed by atoms with van der Waals surface area (Å²) in [5, 5.41) is 11.4. The van der Waals surface area contributed by atoms with Crippen molar-refractivity contribution in [2.24, 2.45) is 0 Å². The van der Waals surface area contributed by atoms with Gasteiger partial charge in [0.2, 0.25) is 5.91 Å².